The maximum Gasteiger partial charge on any atom is 0.710 e. The summed E-state index contributed by atoms with van der Waals surface area (Å²) in [7, 11) is 0. The number of nitrogens with zero attached hydrogens (tertiary/aromatic N) is 4. The summed E-state index contributed by atoms with van der Waals surface area (Å²) in [5.41, 5.74) is 0.964. The molecule has 0 aliphatic heterocycles. The van der Waals surface area contributed by atoms with Crippen molar-refractivity contribution in [2.24, 2.45) is 0 Å². The highest BCUT2D eigenvalue weighted by atomic mass is 16.7. The van der Waals surface area contributed by atoms with E-state index in [1.54, 1.807) is 13.8 Å². The van der Waals surface area contributed by atoms with Crippen molar-refractivity contribution >= 4 is 0 Å². The summed E-state index contributed by atoms with van der Waals surface area (Å²) in [4.78, 5) is 39.8. The van der Waals surface area contributed by atoms with Crippen LogP contribution in [0.15, 0.2) is 24.3 Å². The molecule has 0 bridgehead atoms. The molecule has 1 aliphatic rings. The van der Waals surface area contributed by atoms with Gasteiger partial charge in [-0.1, -0.05) is 12.1 Å². The maximum atomic E-state index is 11.3. The molecule has 12 nitrogen and oxygen atoms in total. The minimum absolute atomic E-state index is 0.0319. The van der Waals surface area contributed by atoms with Crippen molar-refractivity contribution in [1.29, 1.82) is 0 Å². The number of aryl methyl sites for hydroxylation is 2. The fourth-order valence-electron chi connectivity index (χ4n) is 2.87. The summed E-state index contributed by atoms with van der Waals surface area (Å²) >= 11 is 0. The zero-order chi connectivity index (χ0) is 19.1. The Morgan fingerprint density at radius 2 is 1.24 bits per heavy atom. The quantitative estimate of drug-likeness (QED) is 0.333. The van der Waals surface area contributed by atoms with Crippen LogP contribution in [0.5, 0.6) is 0 Å². The van der Waals surface area contributed by atoms with Crippen LogP contribution in [0.25, 0.3) is 0 Å². The zero-order valence-electron chi connectivity index (χ0n) is 13.0. The van der Waals surface area contributed by atoms with Gasteiger partial charge in [-0.15, -0.1) is 0 Å². The lowest BCUT2D eigenvalue weighted by molar-refractivity contribution is -0.972. The monoisotopic (exact) mass is 352 g/mol. The first kappa shape index (κ1) is 17.9. The van der Waals surface area contributed by atoms with Crippen LogP contribution in [-0.2, 0) is 0 Å². The number of nitro groups is 4. The first-order valence-electron chi connectivity index (χ1n) is 6.91. The Hall–Kier alpha value is -3.44. The van der Waals surface area contributed by atoms with Gasteiger partial charge >= 0.3 is 5.79 Å². The SMILES string of the molecule is Cc1cc2c(cc1C)[C@@H](C([N+](=O)[O-])([N+](=O)[O-])[N+](=O)[O-])C=C[C@@H]2[N+](=O)[O-]. The molecule has 1 aromatic rings. The average molecular weight is 352 g/mol. The molecule has 1 aromatic carbocycles. The molecular weight excluding hydrogens is 340 g/mol. The van der Waals surface area contributed by atoms with Crippen LogP contribution in [0.2, 0.25) is 0 Å². The molecule has 0 aromatic heterocycles. The van der Waals surface area contributed by atoms with E-state index in [0.717, 1.165) is 12.2 Å². The van der Waals surface area contributed by atoms with Gasteiger partial charge in [0.05, 0.1) is 0 Å². The van der Waals surface area contributed by atoms with E-state index in [2.05, 4.69) is 0 Å². The molecule has 0 saturated heterocycles. The standard InChI is InChI=1S/C13H12N4O8/c1-7-5-9-10(6-8(7)2)12(14(18)19)4-3-11(9)13(15(20)21,16(22)23)17(24)25/h3-6,11-12H,1-2H3/t11-,12-/m0/s1. The smallest absolute Gasteiger partial charge is 0.264 e. The van der Waals surface area contributed by atoms with Crippen molar-refractivity contribution in [3.05, 3.63) is 87.0 Å². The summed E-state index contributed by atoms with van der Waals surface area (Å²) in [6.45, 7) is 3.24. The molecule has 0 N–H and O–H groups in total. The molecule has 0 spiro atoms. The van der Waals surface area contributed by atoms with Gasteiger partial charge < -0.3 is 0 Å². The summed E-state index contributed by atoms with van der Waals surface area (Å²) in [5, 5.41) is 45.2. The molecule has 0 radical (unpaired) electrons. The lowest BCUT2D eigenvalue weighted by atomic mass is 9.80. The predicted molar refractivity (Wildman–Crippen MR) is 81.2 cm³/mol. The molecule has 0 saturated carbocycles. The zero-order valence-corrected chi connectivity index (χ0v) is 13.0. The maximum absolute atomic E-state index is 11.3. The van der Waals surface area contributed by atoms with Crippen molar-refractivity contribution in [2.75, 3.05) is 0 Å². The van der Waals surface area contributed by atoms with Crippen LogP contribution in [0.3, 0.4) is 0 Å². The number of hydrogen-bond donors (Lipinski definition) is 0. The Morgan fingerprint density at radius 3 is 1.64 bits per heavy atom. The van der Waals surface area contributed by atoms with E-state index in [1.807, 2.05) is 0 Å². The topological polar surface area (TPSA) is 173 Å². The van der Waals surface area contributed by atoms with Crippen LogP contribution >= 0.6 is 0 Å². The molecule has 1 aliphatic carbocycles. The molecule has 0 unspecified atom stereocenters. The van der Waals surface area contributed by atoms with Gasteiger partial charge in [0.15, 0.2) is 14.8 Å². The van der Waals surface area contributed by atoms with Gasteiger partial charge in [0.1, 0.15) is 0 Å². The third-order valence-electron chi connectivity index (χ3n) is 4.29. The molecular formula is C13H12N4O8. The predicted octanol–water partition coefficient (Wildman–Crippen LogP) is 1.76. The third kappa shape index (κ3) is 2.47. The lowest BCUT2D eigenvalue weighted by Crippen LogP contribution is -2.57. The van der Waals surface area contributed by atoms with E-state index < -0.39 is 37.4 Å². The third-order valence-corrected chi connectivity index (χ3v) is 4.29. The molecule has 2 atom stereocenters. The largest absolute Gasteiger partial charge is 0.710 e. The Morgan fingerprint density at radius 1 is 0.800 bits per heavy atom. The molecule has 0 heterocycles. The number of rotatable bonds is 5. The van der Waals surface area contributed by atoms with Crippen molar-refractivity contribution in [3.8, 4) is 0 Å². The van der Waals surface area contributed by atoms with Gasteiger partial charge in [0.2, 0.25) is 5.92 Å². The Labute approximate surface area is 139 Å². The normalized spacial score (nSPS) is 19.1. The first-order valence-corrected chi connectivity index (χ1v) is 6.91. The summed E-state index contributed by atoms with van der Waals surface area (Å²) < 4.78 is 0. The van der Waals surface area contributed by atoms with Gasteiger partial charge in [-0.05, 0) is 42.7 Å². The molecule has 25 heavy (non-hydrogen) atoms. The van der Waals surface area contributed by atoms with Crippen LogP contribution in [0.1, 0.15) is 34.2 Å². The highest BCUT2D eigenvalue weighted by Gasteiger charge is 2.76. The fourth-order valence-corrected chi connectivity index (χ4v) is 2.87. The minimum Gasteiger partial charge on any atom is -0.264 e. The van der Waals surface area contributed by atoms with Crippen molar-refractivity contribution < 1.29 is 19.7 Å². The van der Waals surface area contributed by atoms with E-state index in [4.69, 9.17) is 0 Å². The first-order chi connectivity index (χ1) is 11.5. The van der Waals surface area contributed by atoms with Gasteiger partial charge in [0.25, 0.3) is 6.04 Å². The lowest BCUT2D eigenvalue weighted by Gasteiger charge is -2.24. The molecule has 2 rings (SSSR count). The van der Waals surface area contributed by atoms with E-state index in [9.17, 15) is 40.5 Å². The van der Waals surface area contributed by atoms with E-state index >= 15 is 0 Å². The van der Waals surface area contributed by atoms with Crippen LogP contribution in [-0.4, -0.2) is 25.5 Å². The average Bonchev–Trinajstić information content (AvgIpc) is 2.48. The van der Waals surface area contributed by atoms with E-state index in [0.29, 0.717) is 11.1 Å². The number of hydrogen-bond acceptors (Lipinski definition) is 8. The Kier molecular flexibility index (Phi) is 4.22. The Balaban J connectivity index is 2.85. The van der Waals surface area contributed by atoms with Crippen LogP contribution < -0.4 is 0 Å². The van der Waals surface area contributed by atoms with Gasteiger partial charge in [-0.3, -0.25) is 40.5 Å². The van der Waals surface area contributed by atoms with Crippen molar-refractivity contribution in [1.82, 2.24) is 0 Å². The minimum atomic E-state index is -3.77. The Bertz CT molecular complexity index is 798. The summed E-state index contributed by atoms with van der Waals surface area (Å²) in [5.74, 6) is -5.66. The fraction of sp³-hybridized carbons (Fsp3) is 0.385. The van der Waals surface area contributed by atoms with Crippen molar-refractivity contribution in [3.63, 3.8) is 0 Å². The van der Waals surface area contributed by atoms with E-state index in [-0.39, 0.29) is 11.1 Å². The van der Waals surface area contributed by atoms with Crippen LogP contribution in [0.4, 0.5) is 0 Å². The summed E-state index contributed by atoms with van der Waals surface area (Å²) in [6, 6.07) is 1.27. The van der Waals surface area contributed by atoms with Gasteiger partial charge in [0, 0.05) is 10.5 Å². The second-order valence-electron chi connectivity index (χ2n) is 5.62. The van der Waals surface area contributed by atoms with Crippen molar-refractivity contribution in [2.45, 2.75) is 31.6 Å². The number of benzene rings is 1. The second kappa shape index (κ2) is 5.89. The van der Waals surface area contributed by atoms with Gasteiger partial charge in [-0.2, -0.15) is 0 Å². The summed E-state index contributed by atoms with van der Waals surface area (Å²) in [6.07, 6.45) is 1.71. The highest BCUT2D eigenvalue weighted by Crippen LogP contribution is 2.42. The second-order valence-corrected chi connectivity index (χ2v) is 5.62. The van der Waals surface area contributed by atoms with Crippen LogP contribution in [0, 0.1) is 54.3 Å². The molecule has 132 valence electrons. The molecule has 12 heteroatoms. The highest BCUT2D eigenvalue weighted by molar-refractivity contribution is 5.46. The molecule has 0 amide bonds. The number of fused-ring (bicyclic) bond motifs is 1. The molecule has 0 fully saturated rings. The van der Waals surface area contributed by atoms with Gasteiger partial charge in [-0.25, -0.2) is 0 Å². The van der Waals surface area contributed by atoms with E-state index in [1.165, 1.54) is 12.1 Å².